The third kappa shape index (κ3) is 5.76. The SMILES string of the molecule is CCCCOC(=O)c1ccccc1NC(=O)NC(CC)CC. The van der Waals surface area contributed by atoms with Gasteiger partial charge in [0.05, 0.1) is 17.9 Å². The van der Waals surface area contributed by atoms with E-state index in [-0.39, 0.29) is 12.1 Å². The van der Waals surface area contributed by atoms with Crippen molar-refractivity contribution < 1.29 is 14.3 Å². The first kappa shape index (κ1) is 18.0. The van der Waals surface area contributed by atoms with E-state index >= 15 is 0 Å². The van der Waals surface area contributed by atoms with Crippen molar-refractivity contribution in [2.24, 2.45) is 0 Å². The molecule has 1 aromatic rings. The maximum absolute atomic E-state index is 12.1. The summed E-state index contributed by atoms with van der Waals surface area (Å²) in [5.74, 6) is -0.410. The van der Waals surface area contributed by atoms with Crippen LogP contribution in [-0.2, 0) is 4.74 Å². The van der Waals surface area contributed by atoms with Crippen molar-refractivity contribution in [2.75, 3.05) is 11.9 Å². The van der Waals surface area contributed by atoms with Crippen molar-refractivity contribution in [1.29, 1.82) is 0 Å². The van der Waals surface area contributed by atoms with E-state index in [9.17, 15) is 9.59 Å². The van der Waals surface area contributed by atoms with E-state index in [1.54, 1.807) is 24.3 Å². The maximum atomic E-state index is 12.1. The fourth-order valence-corrected chi connectivity index (χ4v) is 1.99. The minimum Gasteiger partial charge on any atom is -0.462 e. The molecule has 1 rings (SSSR count). The highest BCUT2D eigenvalue weighted by Gasteiger charge is 2.15. The number of benzene rings is 1. The molecule has 0 aliphatic carbocycles. The number of ether oxygens (including phenoxy) is 1. The minimum atomic E-state index is -0.410. The van der Waals surface area contributed by atoms with Crippen molar-refractivity contribution in [3.63, 3.8) is 0 Å². The maximum Gasteiger partial charge on any atom is 0.340 e. The second-order valence-corrected chi connectivity index (χ2v) is 5.15. The van der Waals surface area contributed by atoms with E-state index < -0.39 is 5.97 Å². The summed E-state index contributed by atoms with van der Waals surface area (Å²) in [6, 6.07) is 6.70. The number of rotatable bonds is 8. The molecular weight excluding hydrogens is 280 g/mol. The summed E-state index contributed by atoms with van der Waals surface area (Å²) >= 11 is 0. The molecule has 0 saturated heterocycles. The molecule has 0 unspecified atom stereocenters. The first-order valence-corrected chi connectivity index (χ1v) is 7.95. The van der Waals surface area contributed by atoms with Gasteiger partial charge in [-0.1, -0.05) is 39.3 Å². The summed E-state index contributed by atoms with van der Waals surface area (Å²) in [7, 11) is 0. The summed E-state index contributed by atoms with van der Waals surface area (Å²) < 4.78 is 5.20. The average Bonchev–Trinajstić information content (AvgIpc) is 2.53. The smallest absolute Gasteiger partial charge is 0.340 e. The second kappa shape index (κ2) is 9.82. The Hall–Kier alpha value is -2.04. The van der Waals surface area contributed by atoms with E-state index in [0.717, 1.165) is 25.7 Å². The van der Waals surface area contributed by atoms with Gasteiger partial charge in [-0.25, -0.2) is 9.59 Å². The number of esters is 1. The van der Waals surface area contributed by atoms with Gasteiger partial charge in [-0.05, 0) is 31.4 Å². The fourth-order valence-electron chi connectivity index (χ4n) is 1.99. The van der Waals surface area contributed by atoms with E-state index in [1.807, 2.05) is 20.8 Å². The quantitative estimate of drug-likeness (QED) is 0.564. The Bertz CT molecular complexity index is 485. The Balaban J connectivity index is 2.70. The van der Waals surface area contributed by atoms with Gasteiger partial charge in [-0.2, -0.15) is 0 Å². The molecular formula is C17H26N2O3. The first-order valence-electron chi connectivity index (χ1n) is 7.95. The lowest BCUT2D eigenvalue weighted by molar-refractivity contribution is 0.0501. The van der Waals surface area contributed by atoms with Crippen LogP contribution in [0.3, 0.4) is 0 Å². The average molecular weight is 306 g/mol. The molecule has 0 aromatic heterocycles. The molecule has 22 heavy (non-hydrogen) atoms. The predicted octanol–water partition coefficient (Wildman–Crippen LogP) is 3.95. The highest BCUT2D eigenvalue weighted by Crippen LogP contribution is 2.16. The van der Waals surface area contributed by atoms with Crippen LogP contribution in [0.2, 0.25) is 0 Å². The zero-order valence-corrected chi connectivity index (χ0v) is 13.6. The van der Waals surface area contributed by atoms with Gasteiger partial charge in [0.25, 0.3) is 0 Å². The molecule has 0 radical (unpaired) electrons. The van der Waals surface area contributed by atoms with Gasteiger partial charge in [0.1, 0.15) is 0 Å². The number of nitrogens with one attached hydrogen (secondary N) is 2. The van der Waals surface area contributed by atoms with Crippen LogP contribution in [0.25, 0.3) is 0 Å². The number of hydrogen-bond donors (Lipinski definition) is 2. The molecule has 0 bridgehead atoms. The van der Waals surface area contributed by atoms with Gasteiger partial charge in [-0.15, -0.1) is 0 Å². The number of hydrogen-bond acceptors (Lipinski definition) is 3. The molecule has 5 nitrogen and oxygen atoms in total. The Morgan fingerprint density at radius 3 is 2.45 bits per heavy atom. The van der Waals surface area contributed by atoms with Gasteiger partial charge in [0, 0.05) is 6.04 Å². The van der Waals surface area contributed by atoms with Crippen LogP contribution in [-0.4, -0.2) is 24.6 Å². The third-order valence-corrected chi connectivity index (χ3v) is 3.45. The standard InChI is InChI=1S/C17H26N2O3/c1-4-7-12-22-16(20)14-10-8-9-11-15(14)19-17(21)18-13(5-2)6-3/h8-11,13H,4-7,12H2,1-3H3,(H2,18,19,21). The minimum absolute atomic E-state index is 0.128. The van der Waals surface area contributed by atoms with Crippen LogP contribution >= 0.6 is 0 Å². The number of anilines is 1. The Labute approximate surface area is 132 Å². The second-order valence-electron chi connectivity index (χ2n) is 5.15. The first-order chi connectivity index (χ1) is 10.6. The van der Waals surface area contributed by atoms with E-state index in [4.69, 9.17) is 4.74 Å². The molecule has 0 heterocycles. The highest BCUT2D eigenvalue weighted by molar-refractivity contribution is 6.00. The molecule has 0 aliphatic rings. The molecule has 0 spiro atoms. The van der Waals surface area contributed by atoms with Crippen LogP contribution in [0.1, 0.15) is 56.8 Å². The summed E-state index contributed by atoms with van der Waals surface area (Å²) in [6.45, 7) is 6.47. The topological polar surface area (TPSA) is 67.4 Å². The summed E-state index contributed by atoms with van der Waals surface area (Å²) in [6.07, 6.45) is 3.52. The van der Waals surface area contributed by atoms with Crippen molar-refractivity contribution >= 4 is 17.7 Å². The fraction of sp³-hybridized carbons (Fsp3) is 0.529. The van der Waals surface area contributed by atoms with Gasteiger partial charge in [0.2, 0.25) is 0 Å². The Kier molecular flexibility index (Phi) is 8.04. The molecule has 1 aromatic carbocycles. The molecule has 2 N–H and O–H groups in total. The highest BCUT2D eigenvalue weighted by atomic mass is 16.5. The van der Waals surface area contributed by atoms with E-state index in [0.29, 0.717) is 17.9 Å². The van der Waals surface area contributed by atoms with E-state index in [2.05, 4.69) is 10.6 Å². The van der Waals surface area contributed by atoms with Crippen molar-refractivity contribution in [3.8, 4) is 0 Å². The third-order valence-electron chi connectivity index (χ3n) is 3.45. The Morgan fingerprint density at radius 2 is 1.82 bits per heavy atom. The van der Waals surface area contributed by atoms with Gasteiger partial charge in [0.15, 0.2) is 0 Å². The van der Waals surface area contributed by atoms with Crippen LogP contribution in [0.15, 0.2) is 24.3 Å². The molecule has 0 atom stereocenters. The lowest BCUT2D eigenvalue weighted by Crippen LogP contribution is -2.37. The normalized spacial score (nSPS) is 10.4. The number of para-hydroxylation sites is 1. The van der Waals surface area contributed by atoms with Crippen molar-refractivity contribution in [2.45, 2.75) is 52.5 Å². The van der Waals surface area contributed by atoms with Crippen LogP contribution in [0.4, 0.5) is 10.5 Å². The predicted molar refractivity (Wildman–Crippen MR) is 88.2 cm³/mol. The number of carbonyl (C=O) groups is 2. The Morgan fingerprint density at radius 1 is 1.14 bits per heavy atom. The van der Waals surface area contributed by atoms with Crippen molar-refractivity contribution in [1.82, 2.24) is 5.32 Å². The lowest BCUT2D eigenvalue weighted by Gasteiger charge is -2.16. The molecule has 0 aliphatic heterocycles. The van der Waals surface area contributed by atoms with Gasteiger partial charge < -0.3 is 15.4 Å². The largest absolute Gasteiger partial charge is 0.462 e. The number of amides is 2. The van der Waals surface area contributed by atoms with Gasteiger partial charge in [-0.3, -0.25) is 0 Å². The van der Waals surface area contributed by atoms with Crippen LogP contribution in [0, 0.1) is 0 Å². The van der Waals surface area contributed by atoms with Crippen LogP contribution < -0.4 is 10.6 Å². The number of unbranched alkanes of at least 4 members (excludes halogenated alkanes) is 1. The number of carbonyl (C=O) groups excluding carboxylic acids is 2. The summed E-state index contributed by atoms with van der Waals surface area (Å²) in [5, 5.41) is 5.61. The van der Waals surface area contributed by atoms with Crippen molar-refractivity contribution in [3.05, 3.63) is 29.8 Å². The zero-order valence-electron chi connectivity index (χ0n) is 13.6. The van der Waals surface area contributed by atoms with Crippen LogP contribution in [0.5, 0.6) is 0 Å². The monoisotopic (exact) mass is 306 g/mol. The molecule has 0 saturated carbocycles. The van der Waals surface area contributed by atoms with E-state index in [1.165, 1.54) is 0 Å². The molecule has 2 amide bonds. The lowest BCUT2D eigenvalue weighted by atomic mass is 10.1. The molecule has 5 heteroatoms. The number of urea groups is 1. The zero-order chi connectivity index (χ0) is 16.4. The summed E-state index contributed by atoms with van der Waals surface area (Å²) in [5.41, 5.74) is 0.839. The summed E-state index contributed by atoms with van der Waals surface area (Å²) in [4.78, 5) is 24.1. The van der Waals surface area contributed by atoms with Gasteiger partial charge >= 0.3 is 12.0 Å². The molecule has 0 fully saturated rings. The molecule has 122 valence electrons.